The summed E-state index contributed by atoms with van der Waals surface area (Å²) in [6.45, 7) is 6.11. The molecular weight excluding hydrogens is 471 g/mol. The normalized spacial score (nSPS) is 19.2. The number of nitrogens with zero attached hydrogens (tertiary/aromatic N) is 2. The largest absolute Gasteiger partial charge is 0.377 e. The lowest BCUT2D eigenvalue weighted by Crippen LogP contribution is -2.38. The Hall–Kier alpha value is -2.20. The van der Waals surface area contributed by atoms with Crippen LogP contribution in [0.25, 0.3) is 0 Å². The minimum Gasteiger partial charge on any atom is -0.377 e. The molecule has 1 aliphatic heterocycles. The number of aromatic nitrogens is 1. The number of anilines is 2. The van der Waals surface area contributed by atoms with Gasteiger partial charge < -0.3 is 5.32 Å². The summed E-state index contributed by atoms with van der Waals surface area (Å²) < 4.78 is 41.7. The van der Waals surface area contributed by atoms with Crippen molar-refractivity contribution in [1.29, 1.82) is 0 Å². The zero-order valence-electron chi connectivity index (χ0n) is 17.7. The van der Waals surface area contributed by atoms with E-state index in [-0.39, 0.29) is 22.1 Å². The van der Waals surface area contributed by atoms with Gasteiger partial charge in [-0.05, 0) is 44.5 Å². The first-order valence-electron chi connectivity index (χ1n) is 10.1. The number of sulfonamides is 1. The maximum atomic E-state index is 14.2. The van der Waals surface area contributed by atoms with Crippen LogP contribution >= 0.6 is 22.9 Å². The molecule has 10 heteroatoms. The molecule has 1 saturated heterocycles. The Morgan fingerprint density at radius 3 is 2.81 bits per heavy atom. The fourth-order valence-corrected chi connectivity index (χ4v) is 5.78. The second-order valence-corrected chi connectivity index (χ2v) is 11.2. The van der Waals surface area contributed by atoms with Crippen LogP contribution in [0.2, 0.25) is 5.02 Å². The average molecular weight is 495 g/mol. The Labute approximate surface area is 196 Å². The summed E-state index contributed by atoms with van der Waals surface area (Å²) in [7, 11) is -3.78. The van der Waals surface area contributed by atoms with Crippen molar-refractivity contribution in [1.82, 2.24) is 9.88 Å². The van der Waals surface area contributed by atoms with Crippen LogP contribution in [0.15, 0.2) is 52.2 Å². The molecule has 2 N–H and O–H groups in total. The Kier molecular flexibility index (Phi) is 6.44. The van der Waals surface area contributed by atoms with Crippen LogP contribution in [-0.4, -0.2) is 36.9 Å². The van der Waals surface area contributed by atoms with Gasteiger partial charge in [-0.1, -0.05) is 29.3 Å². The van der Waals surface area contributed by atoms with Gasteiger partial charge in [0, 0.05) is 36.1 Å². The van der Waals surface area contributed by atoms with Crippen molar-refractivity contribution < 1.29 is 12.8 Å². The molecule has 0 radical (unpaired) electrons. The predicted molar refractivity (Wildman–Crippen MR) is 127 cm³/mol. The van der Waals surface area contributed by atoms with Crippen LogP contribution in [0.5, 0.6) is 0 Å². The molecule has 1 aliphatic rings. The van der Waals surface area contributed by atoms with E-state index in [0.717, 1.165) is 18.5 Å². The van der Waals surface area contributed by atoms with Crippen LogP contribution in [0.1, 0.15) is 24.5 Å². The third-order valence-electron chi connectivity index (χ3n) is 5.51. The van der Waals surface area contributed by atoms with Crippen LogP contribution in [0.3, 0.4) is 0 Å². The van der Waals surface area contributed by atoms with E-state index in [2.05, 4.69) is 26.8 Å². The molecule has 170 valence electrons. The van der Waals surface area contributed by atoms with Crippen LogP contribution in [-0.2, 0) is 16.6 Å². The summed E-state index contributed by atoms with van der Waals surface area (Å²) in [5, 5.41) is 5.39. The fourth-order valence-electron chi connectivity index (χ4n) is 3.91. The molecule has 1 atom stereocenters. The summed E-state index contributed by atoms with van der Waals surface area (Å²) in [5.41, 5.74) is 3.66. The van der Waals surface area contributed by atoms with Crippen LogP contribution in [0.4, 0.5) is 15.9 Å². The van der Waals surface area contributed by atoms with E-state index >= 15 is 0 Å². The van der Waals surface area contributed by atoms with Crippen LogP contribution in [0, 0.1) is 12.7 Å². The second kappa shape index (κ2) is 8.97. The Morgan fingerprint density at radius 1 is 1.28 bits per heavy atom. The first kappa shape index (κ1) is 23.0. The second-order valence-electron chi connectivity index (χ2n) is 8.36. The fraction of sp³-hybridized carbons (Fsp3) is 0.318. The number of hydrogen-bond acceptors (Lipinski definition) is 6. The zero-order valence-corrected chi connectivity index (χ0v) is 20.1. The Morgan fingerprint density at radius 2 is 2.09 bits per heavy atom. The molecule has 4 rings (SSSR count). The smallest absolute Gasteiger partial charge is 0.263 e. The summed E-state index contributed by atoms with van der Waals surface area (Å²) in [6, 6.07) is 9.78. The van der Waals surface area contributed by atoms with Gasteiger partial charge in [-0.25, -0.2) is 17.8 Å². The summed E-state index contributed by atoms with van der Waals surface area (Å²) in [5.74, 6) is 0.0835. The lowest BCUT2D eigenvalue weighted by Gasteiger charge is -2.28. The van der Waals surface area contributed by atoms with Gasteiger partial charge in [0.15, 0.2) is 5.82 Å². The summed E-state index contributed by atoms with van der Waals surface area (Å²) in [4.78, 5) is 6.21. The van der Waals surface area contributed by atoms with E-state index in [4.69, 9.17) is 11.6 Å². The lowest BCUT2D eigenvalue weighted by atomic mass is 10.0. The van der Waals surface area contributed by atoms with Crippen molar-refractivity contribution >= 4 is 44.5 Å². The maximum absolute atomic E-state index is 14.2. The van der Waals surface area contributed by atoms with Gasteiger partial charge in [-0.3, -0.25) is 9.62 Å². The lowest BCUT2D eigenvalue weighted by molar-refractivity contribution is 0.310. The molecule has 0 bridgehead atoms. The molecular formula is C22H24ClFN4O2S2. The molecule has 1 unspecified atom stereocenters. The van der Waals surface area contributed by atoms with E-state index < -0.39 is 10.0 Å². The minimum atomic E-state index is -3.78. The topological polar surface area (TPSA) is 74.3 Å². The average Bonchev–Trinajstić information content (AvgIpc) is 3.36. The maximum Gasteiger partial charge on any atom is 0.263 e. The molecule has 3 aromatic rings. The van der Waals surface area contributed by atoms with Crippen molar-refractivity contribution in [2.45, 2.75) is 37.2 Å². The van der Waals surface area contributed by atoms with Gasteiger partial charge in [-0.15, -0.1) is 11.3 Å². The van der Waals surface area contributed by atoms with Gasteiger partial charge in [0.25, 0.3) is 10.0 Å². The SMILES string of the molecule is Cc1ccc(F)c(CN2CCC(C)(Nc3ccc(S(=O)(=O)Nc4cscn4)cc3Cl)C2)c1. The number of nitrogens with one attached hydrogen (secondary N) is 2. The molecule has 2 heterocycles. The summed E-state index contributed by atoms with van der Waals surface area (Å²) >= 11 is 7.73. The molecule has 0 amide bonds. The van der Waals surface area contributed by atoms with E-state index in [1.165, 1.54) is 29.5 Å². The third kappa shape index (κ3) is 5.23. The first-order valence-corrected chi connectivity index (χ1v) is 12.9. The predicted octanol–water partition coefficient (Wildman–Crippen LogP) is 5.12. The molecule has 0 spiro atoms. The quantitative estimate of drug-likeness (QED) is 0.476. The van der Waals surface area contributed by atoms with Crippen molar-refractivity contribution in [3.63, 3.8) is 0 Å². The van der Waals surface area contributed by atoms with E-state index in [9.17, 15) is 12.8 Å². The molecule has 0 aliphatic carbocycles. The molecule has 6 nitrogen and oxygen atoms in total. The highest BCUT2D eigenvalue weighted by atomic mass is 35.5. The standard InChI is InChI=1S/C22H24ClFN4O2S2/c1-15-3-5-19(24)16(9-15)11-28-8-7-22(2,13-28)26-20-6-4-17(10-18(20)23)32(29,30)27-21-12-31-14-25-21/h3-6,9-10,12,14,26-27H,7-8,11,13H2,1-2H3. The monoisotopic (exact) mass is 494 g/mol. The number of halogens is 2. The summed E-state index contributed by atoms with van der Waals surface area (Å²) in [6.07, 6.45) is 0.849. The number of benzene rings is 2. The highest BCUT2D eigenvalue weighted by molar-refractivity contribution is 7.92. The van der Waals surface area contributed by atoms with Gasteiger partial charge in [0.1, 0.15) is 5.82 Å². The van der Waals surface area contributed by atoms with Crippen molar-refractivity contribution in [2.24, 2.45) is 0 Å². The number of thiazole rings is 1. The molecule has 32 heavy (non-hydrogen) atoms. The van der Waals surface area contributed by atoms with Gasteiger partial charge in [-0.2, -0.15) is 0 Å². The number of aryl methyl sites for hydroxylation is 1. The Bertz CT molecular complexity index is 1220. The highest BCUT2D eigenvalue weighted by Gasteiger charge is 2.34. The van der Waals surface area contributed by atoms with E-state index in [1.54, 1.807) is 23.0 Å². The number of rotatable bonds is 7. The minimum absolute atomic E-state index is 0.0641. The van der Waals surface area contributed by atoms with Crippen molar-refractivity contribution in [3.05, 3.63) is 69.3 Å². The highest BCUT2D eigenvalue weighted by Crippen LogP contribution is 2.32. The number of hydrogen-bond donors (Lipinski definition) is 2. The van der Waals surface area contributed by atoms with Crippen molar-refractivity contribution in [3.8, 4) is 0 Å². The molecule has 1 aromatic heterocycles. The van der Waals surface area contributed by atoms with Crippen LogP contribution < -0.4 is 10.0 Å². The van der Waals surface area contributed by atoms with Crippen molar-refractivity contribution in [2.75, 3.05) is 23.1 Å². The van der Waals surface area contributed by atoms with Gasteiger partial charge >= 0.3 is 0 Å². The Balaban J connectivity index is 1.44. The molecule has 0 saturated carbocycles. The molecule has 1 fully saturated rings. The van der Waals surface area contributed by atoms with E-state index in [1.807, 2.05) is 13.0 Å². The van der Waals surface area contributed by atoms with Gasteiger partial charge in [0.05, 0.1) is 21.1 Å². The molecule has 2 aromatic carbocycles. The van der Waals surface area contributed by atoms with Gasteiger partial charge in [0.2, 0.25) is 0 Å². The first-order chi connectivity index (χ1) is 15.1. The number of likely N-dealkylation sites (tertiary alicyclic amines) is 1. The third-order valence-corrected chi connectivity index (χ3v) is 7.76. The zero-order chi connectivity index (χ0) is 22.9. The van der Waals surface area contributed by atoms with E-state index in [0.29, 0.717) is 29.4 Å².